The molecular weight excluding hydrogens is 374 g/mol. The monoisotopic (exact) mass is 397 g/mol. The van der Waals surface area contributed by atoms with Gasteiger partial charge in [0.25, 0.3) is 0 Å². The molecule has 1 aromatic heterocycles. The zero-order valence-corrected chi connectivity index (χ0v) is 16.9. The molecule has 0 radical (unpaired) electrons. The summed E-state index contributed by atoms with van der Waals surface area (Å²) in [5.41, 5.74) is 3.43. The molecule has 0 amide bonds. The molecule has 2 fully saturated rings. The number of nitrogens with one attached hydrogen (secondary N) is 1. The van der Waals surface area contributed by atoms with Crippen molar-refractivity contribution in [1.29, 1.82) is 10.7 Å². The van der Waals surface area contributed by atoms with Gasteiger partial charge in [-0.05, 0) is 43.5 Å². The smallest absolute Gasteiger partial charge is 0.212 e. The maximum Gasteiger partial charge on any atom is 0.212 e. The second-order valence-electron chi connectivity index (χ2n) is 8.06. The third-order valence-electron chi connectivity index (χ3n) is 6.16. The van der Waals surface area contributed by atoms with Gasteiger partial charge in [0.1, 0.15) is 5.82 Å². The third kappa shape index (κ3) is 3.01. The zero-order valence-electron chi connectivity index (χ0n) is 16.9. The highest BCUT2D eigenvalue weighted by atomic mass is 15.4. The van der Waals surface area contributed by atoms with Crippen LogP contribution >= 0.6 is 0 Å². The van der Waals surface area contributed by atoms with Crippen LogP contribution < -0.4 is 9.80 Å². The van der Waals surface area contributed by atoms with Crippen molar-refractivity contribution in [3.8, 4) is 6.19 Å². The summed E-state index contributed by atoms with van der Waals surface area (Å²) in [7, 11) is 0. The van der Waals surface area contributed by atoms with E-state index in [1.807, 2.05) is 61.7 Å². The molecular formula is C23H23N7. The molecule has 1 spiro atoms. The van der Waals surface area contributed by atoms with Crippen LogP contribution in [-0.4, -0.2) is 46.0 Å². The van der Waals surface area contributed by atoms with E-state index in [1.165, 1.54) is 4.90 Å². The highest BCUT2D eigenvalue weighted by molar-refractivity contribution is 5.98. The van der Waals surface area contributed by atoms with Crippen molar-refractivity contribution in [2.24, 2.45) is 0 Å². The van der Waals surface area contributed by atoms with E-state index in [1.54, 1.807) is 0 Å². The number of aryl methyl sites for hydroxylation is 1. The highest BCUT2D eigenvalue weighted by Crippen LogP contribution is 2.45. The Hall–Kier alpha value is -3.66. The van der Waals surface area contributed by atoms with Crippen LogP contribution in [0.4, 0.5) is 11.5 Å². The number of anilines is 2. The van der Waals surface area contributed by atoms with Crippen molar-refractivity contribution >= 4 is 28.5 Å². The molecule has 2 aliphatic rings. The number of guanidine groups is 1. The van der Waals surface area contributed by atoms with Crippen molar-refractivity contribution in [1.82, 2.24) is 14.9 Å². The van der Waals surface area contributed by atoms with E-state index >= 15 is 0 Å². The fourth-order valence-electron chi connectivity index (χ4n) is 4.33. The lowest BCUT2D eigenvalue weighted by molar-refractivity contribution is 0.255. The van der Waals surface area contributed by atoms with Gasteiger partial charge in [-0.15, -0.1) is 0 Å². The predicted molar refractivity (Wildman–Crippen MR) is 117 cm³/mol. The Labute approximate surface area is 175 Å². The number of piperazine rings is 1. The summed E-state index contributed by atoms with van der Waals surface area (Å²) in [6, 6.07) is 15.6. The lowest BCUT2D eigenvalue weighted by Gasteiger charge is -2.44. The first-order valence-electron chi connectivity index (χ1n) is 10.2. The number of benzene rings is 2. The maximum atomic E-state index is 9.81. The predicted octanol–water partition coefficient (Wildman–Crippen LogP) is 3.52. The summed E-state index contributed by atoms with van der Waals surface area (Å²) >= 11 is 0. The van der Waals surface area contributed by atoms with Crippen LogP contribution in [0, 0.1) is 23.8 Å². The van der Waals surface area contributed by atoms with Gasteiger partial charge in [0.05, 0.1) is 28.5 Å². The SMILES string of the molecule is Cc1ccccc1N(C#N)C(=N)N1CCN(c2cnc3ccccc3n2)CC12CC2. The molecule has 30 heavy (non-hydrogen) atoms. The Balaban J connectivity index is 1.39. The number of aromatic nitrogens is 2. The first-order chi connectivity index (χ1) is 14.6. The molecule has 1 aliphatic carbocycles. The molecule has 0 atom stereocenters. The zero-order chi connectivity index (χ0) is 20.7. The molecule has 7 heteroatoms. The van der Waals surface area contributed by atoms with Crippen LogP contribution in [0.1, 0.15) is 18.4 Å². The Kier molecular flexibility index (Phi) is 4.28. The molecule has 150 valence electrons. The molecule has 1 saturated carbocycles. The number of para-hydroxylation sites is 3. The normalized spacial score (nSPS) is 17.1. The van der Waals surface area contributed by atoms with E-state index in [9.17, 15) is 5.26 Å². The number of nitrogens with zero attached hydrogens (tertiary/aromatic N) is 6. The molecule has 7 nitrogen and oxygen atoms in total. The largest absolute Gasteiger partial charge is 0.351 e. The summed E-state index contributed by atoms with van der Waals surface area (Å²) in [5, 5.41) is 18.6. The average molecular weight is 397 g/mol. The van der Waals surface area contributed by atoms with Crippen LogP contribution in [-0.2, 0) is 0 Å². The fourth-order valence-corrected chi connectivity index (χ4v) is 4.33. The molecule has 2 heterocycles. The van der Waals surface area contributed by atoms with Crippen molar-refractivity contribution in [3.05, 3.63) is 60.3 Å². The van der Waals surface area contributed by atoms with Gasteiger partial charge in [-0.25, -0.2) is 9.88 Å². The summed E-state index contributed by atoms with van der Waals surface area (Å²) < 4.78 is 0. The number of nitriles is 1. The first kappa shape index (κ1) is 18.4. The number of fused-ring (bicyclic) bond motifs is 1. The van der Waals surface area contributed by atoms with E-state index in [0.29, 0.717) is 6.54 Å². The Morgan fingerprint density at radius 3 is 2.57 bits per heavy atom. The van der Waals surface area contributed by atoms with Crippen LogP contribution in [0.3, 0.4) is 0 Å². The minimum absolute atomic E-state index is 0.111. The average Bonchev–Trinajstić information content (AvgIpc) is 3.54. The molecule has 3 aromatic rings. The van der Waals surface area contributed by atoms with E-state index in [-0.39, 0.29) is 11.5 Å². The van der Waals surface area contributed by atoms with E-state index in [4.69, 9.17) is 10.4 Å². The minimum atomic E-state index is -0.111. The Bertz CT molecular complexity index is 1160. The van der Waals surface area contributed by atoms with Gasteiger partial charge in [-0.3, -0.25) is 10.4 Å². The summed E-state index contributed by atoms with van der Waals surface area (Å²) in [4.78, 5) is 15.2. The lowest BCUT2D eigenvalue weighted by atomic mass is 10.1. The van der Waals surface area contributed by atoms with Crippen LogP contribution in [0.15, 0.2) is 54.7 Å². The summed E-state index contributed by atoms with van der Waals surface area (Å²) in [5.74, 6) is 1.13. The van der Waals surface area contributed by atoms with Gasteiger partial charge < -0.3 is 9.80 Å². The molecule has 1 N–H and O–H groups in total. The van der Waals surface area contributed by atoms with Crippen LogP contribution in [0.5, 0.6) is 0 Å². The van der Waals surface area contributed by atoms with Gasteiger partial charge in [0.15, 0.2) is 6.19 Å². The van der Waals surface area contributed by atoms with Gasteiger partial charge in [0.2, 0.25) is 5.96 Å². The second-order valence-corrected chi connectivity index (χ2v) is 8.06. The quantitative estimate of drug-likeness (QED) is 0.308. The molecule has 0 unspecified atom stereocenters. The van der Waals surface area contributed by atoms with Crippen molar-refractivity contribution < 1.29 is 0 Å². The topological polar surface area (TPSA) is 83.1 Å². The van der Waals surface area contributed by atoms with Gasteiger partial charge >= 0.3 is 0 Å². The number of rotatable bonds is 2. The molecule has 1 aliphatic heterocycles. The first-order valence-corrected chi connectivity index (χ1v) is 10.2. The fraction of sp³-hybridized carbons (Fsp3) is 0.304. The lowest BCUT2D eigenvalue weighted by Crippen LogP contribution is -2.60. The van der Waals surface area contributed by atoms with Gasteiger partial charge in [-0.2, -0.15) is 5.26 Å². The minimum Gasteiger partial charge on any atom is -0.351 e. The number of hydrogen-bond acceptors (Lipinski definition) is 5. The molecule has 5 rings (SSSR count). The van der Waals surface area contributed by atoms with Crippen molar-refractivity contribution in [3.63, 3.8) is 0 Å². The second kappa shape index (κ2) is 6.99. The van der Waals surface area contributed by atoms with Crippen LogP contribution in [0.25, 0.3) is 11.0 Å². The van der Waals surface area contributed by atoms with E-state index < -0.39 is 0 Å². The summed E-state index contributed by atoms with van der Waals surface area (Å²) in [6.07, 6.45) is 6.09. The van der Waals surface area contributed by atoms with Crippen molar-refractivity contribution in [2.75, 3.05) is 29.4 Å². The van der Waals surface area contributed by atoms with Crippen LogP contribution in [0.2, 0.25) is 0 Å². The third-order valence-corrected chi connectivity index (χ3v) is 6.16. The van der Waals surface area contributed by atoms with Crippen molar-refractivity contribution in [2.45, 2.75) is 25.3 Å². The Morgan fingerprint density at radius 1 is 1.10 bits per heavy atom. The molecule has 2 aromatic carbocycles. The molecule has 0 bridgehead atoms. The Morgan fingerprint density at radius 2 is 1.83 bits per heavy atom. The maximum absolute atomic E-state index is 9.81. The van der Waals surface area contributed by atoms with E-state index in [0.717, 1.165) is 54.0 Å². The summed E-state index contributed by atoms with van der Waals surface area (Å²) in [6.45, 7) is 4.17. The highest BCUT2D eigenvalue weighted by Gasteiger charge is 2.53. The molecule has 1 saturated heterocycles. The van der Waals surface area contributed by atoms with Gasteiger partial charge in [-0.1, -0.05) is 30.3 Å². The standard InChI is InChI=1S/C23H23N7/c1-17-6-2-5-9-20(17)29(16-24)22(25)30-13-12-28(15-23(30)10-11-23)21-14-26-18-7-3-4-8-19(18)27-21/h2-9,14,25H,10-13,15H2,1H3. The van der Waals surface area contributed by atoms with E-state index in [2.05, 4.69) is 21.0 Å². The number of hydrogen-bond donors (Lipinski definition) is 1. The van der Waals surface area contributed by atoms with Gasteiger partial charge in [0, 0.05) is 19.6 Å².